The maximum Gasteiger partial charge on any atom is 0.0991 e. The third-order valence-corrected chi connectivity index (χ3v) is 4.54. The van der Waals surface area contributed by atoms with Crippen LogP contribution < -0.4 is 5.32 Å². The van der Waals surface area contributed by atoms with E-state index in [1.807, 2.05) is 6.07 Å². The molecule has 0 aromatic carbocycles. The summed E-state index contributed by atoms with van der Waals surface area (Å²) in [4.78, 5) is 2.34. The second kappa shape index (κ2) is 5.23. The lowest BCUT2D eigenvalue weighted by Gasteiger charge is -2.19. The van der Waals surface area contributed by atoms with Gasteiger partial charge in [0, 0.05) is 18.6 Å². The van der Waals surface area contributed by atoms with Gasteiger partial charge >= 0.3 is 0 Å². The standard InChI is InChI=1S/C11H16Cl2N2S/c1-7(9-5-10(12)16-11(9)13)14-8-3-4-15(2)6-8/h5,7-8,14H,3-4,6H2,1-2H3. The van der Waals surface area contributed by atoms with Crippen molar-refractivity contribution in [2.75, 3.05) is 20.1 Å². The zero-order valence-electron chi connectivity index (χ0n) is 9.46. The summed E-state index contributed by atoms with van der Waals surface area (Å²) < 4.78 is 1.56. The molecule has 5 heteroatoms. The highest BCUT2D eigenvalue weighted by molar-refractivity contribution is 7.20. The molecule has 0 bridgehead atoms. The van der Waals surface area contributed by atoms with Gasteiger partial charge in [0.25, 0.3) is 0 Å². The fraction of sp³-hybridized carbons (Fsp3) is 0.636. The van der Waals surface area contributed by atoms with Gasteiger partial charge in [-0.2, -0.15) is 0 Å². The number of rotatable bonds is 3. The zero-order valence-corrected chi connectivity index (χ0v) is 11.8. The van der Waals surface area contributed by atoms with Crippen LogP contribution in [0.1, 0.15) is 24.9 Å². The topological polar surface area (TPSA) is 15.3 Å². The summed E-state index contributed by atoms with van der Waals surface area (Å²) in [6, 6.07) is 2.80. The molecule has 2 atom stereocenters. The molecular formula is C11H16Cl2N2S. The van der Waals surface area contributed by atoms with Gasteiger partial charge in [0.2, 0.25) is 0 Å². The van der Waals surface area contributed by atoms with E-state index >= 15 is 0 Å². The molecule has 1 aliphatic rings. The van der Waals surface area contributed by atoms with Crippen molar-refractivity contribution < 1.29 is 0 Å². The van der Waals surface area contributed by atoms with E-state index in [1.54, 1.807) is 0 Å². The molecule has 2 heterocycles. The summed E-state index contributed by atoms with van der Waals surface area (Å²) in [5.74, 6) is 0. The molecule has 1 aliphatic heterocycles. The molecule has 0 radical (unpaired) electrons. The molecule has 1 N–H and O–H groups in total. The predicted octanol–water partition coefficient (Wildman–Crippen LogP) is 3.41. The summed E-state index contributed by atoms with van der Waals surface area (Å²) in [5.41, 5.74) is 1.12. The van der Waals surface area contributed by atoms with Gasteiger partial charge in [-0.1, -0.05) is 23.2 Å². The van der Waals surface area contributed by atoms with E-state index in [9.17, 15) is 0 Å². The predicted molar refractivity (Wildman–Crippen MR) is 71.8 cm³/mol. The molecule has 0 amide bonds. The number of thiophene rings is 1. The Morgan fingerprint density at radius 2 is 2.31 bits per heavy atom. The summed E-state index contributed by atoms with van der Waals surface area (Å²) >= 11 is 13.5. The highest BCUT2D eigenvalue weighted by atomic mass is 35.5. The Morgan fingerprint density at radius 3 is 2.81 bits per heavy atom. The SMILES string of the molecule is CC(NC1CCN(C)C1)c1cc(Cl)sc1Cl. The highest BCUT2D eigenvalue weighted by Crippen LogP contribution is 2.35. The van der Waals surface area contributed by atoms with Crippen molar-refractivity contribution in [3.05, 3.63) is 20.3 Å². The third kappa shape index (κ3) is 2.90. The fourth-order valence-electron chi connectivity index (χ4n) is 2.16. The van der Waals surface area contributed by atoms with Gasteiger partial charge in [0.05, 0.1) is 8.67 Å². The van der Waals surface area contributed by atoms with Gasteiger partial charge in [-0.05, 0) is 38.6 Å². The number of nitrogens with zero attached hydrogens (tertiary/aromatic N) is 1. The molecule has 2 nitrogen and oxygen atoms in total. The lowest BCUT2D eigenvalue weighted by atomic mass is 10.1. The first-order chi connectivity index (χ1) is 7.56. The summed E-state index contributed by atoms with van der Waals surface area (Å²) in [6.07, 6.45) is 1.20. The first kappa shape index (κ1) is 12.7. The number of likely N-dealkylation sites (tertiary alicyclic amines) is 1. The molecular weight excluding hydrogens is 263 g/mol. The molecule has 0 saturated carbocycles. The van der Waals surface area contributed by atoms with E-state index in [0.717, 1.165) is 20.8 Å². The average molecular weight is 279 g/mol. The molecule has 2 unspecified atom stereocenters. The van der Waals surface area contributed by atoms with Gasteiger partial charge in [0.15, 0.2) is 0 Å². The van der Waals surface area contributed by atoms with E-state index in [-0.39, 0.29) is 6.04 Å². The van der Waals surface area contributed by atoms with E-state index in [2.05, 4.69) is 24.2 Å². The van der Waals surface area contributed by atoms with Gasteiger partial charge in [-0.15, -0.1) is 11.3 Å². The minimum Gasteiger partial charge on any atom is -0.306 e. The Bertz CT molecular complexity index is 367. The maximum absolute atomic E-state index is 6.14. The summed E-state index contributed by atoms with van der Waals surface area (Å²) in [5, 5.41) is 3.60. The van der Waals surface area contributed by atoms with Crippen LogP contribution in [-0.2, 0) is 0 Å². The number of nitrogens with one attached hydrogen (secondary N) is 1. The molecule has 0 spiro atoms. The van der Waals surface area contributed by atoms with Crippen LogP contribution in [0, 0.1) is 0 Å². The van der Waals surface area contributed by atoms with E-state index in [1.165, 1.54) is 24.3 Å². The molecule has 2 rings (SSSR count). The minimum absolute atomic E-state index is 0.271. The Kier molecular flexibility index (Phi) is 4.14. The second-order valence-electron chi connectivity index (χ2n) is 4.42. The molecule has 1 aromatic rings. The van der Waals surface area contributed by atoms with E-state index < -0.39 is 0 Å². The largest absolute Gasteiger partial charge is 0.306 e. The quantitative estimate of drug-likeness (QED) is 0.912. The zero-order chi connectivity index (χ0) is 11.7. The van der Waals surface area contributed by atoms with Crippen molar-refractivity contribution in [1.29, 1.82) is 0 Å². The number of halogens is 2. The number of likely N-dealkylation sites (N-methyl/N-ethyl adjacent to an activating group) is 1. The Labute approximate surface area is 111 Å². The van der Waals surface area contributed by atoms with Crippen LogP contribution in [0.5, 0.6) is 0 Å². The monoisotopic (exact) mass is 278 g/mol. The summed E-state index contributed by atoms with van der Waals surface area (Å²) in [7, 11) is 2.15. The third-order valence-electron chi connectivity index (χ3n) is 3.03. The van der Waals surface area contributed by atoms with E-state index in [4.69, 9.17) is 23.2 Å². The van der Waals surface area contributed by atoms with Gasteiger partial charge in [-0.3, -0.25) is 0 Å². The van der Waals surface area contributed by atoms with Crippen molar-refractivity contribution in [1.82, 2.24) is 10.2 Å². The Balaban J connectivity index is 1.97. The van der Waals surface area contributed by atoms with Crippen molar-refractivity contribution in [3.63, 3.8) is 0 Å². The Morgan fingerprint density at radius 1 is 1.56 bits per heavy atom. The van der Waals surface area contributed by atoms with Crippen molar-refractivity contribution in [3.8, 4) is 0 Å². The normalized spacial score (nSPS) is 23.9. The van der Waals surface area contributed by atoms with Crippen molar-refractivity contribution in [2.24, 2.45) is 0 Å². The van der Waals surface area contributed by atoms with Gasteiger partial charge in [0.1, 0.15) is 0 Å². The van der Waals surface area contributed by atoms with Crippen LogP contribution in [0.2, 0.25) is 8.67 Å². The van der Waals surface area contributed by atoms with Crippen LogP contribution in [0.4, 0.5) is 0 Å². The van der Waals surface area contributed by atoms with Gasteiger partial charge in [-0.25, -0.2) is 0 Å². The van der Waals surface area contributed by atoms with Crippen LogP contribution in [-0.4, -0.2) is 31.1 Å². The minimum atomic E-state index is 0.271. The van der Waals surface area contributed by atoms with Crippen LogP contribution in [0.3, 0.4) is 0 Å². The molecule has 1 saturated heterocycles. The second-order valence-corrected chi connectivity index (χ2v) is 6.70. The molecule has 1 aromatic heterocycles. The Hall–Kier alpha value is 0.200. The fourth-order valence-corrected chi connectivity index (χ4v) is 3.81. The first-order valence-corrected chi connectivity index (χ1v) is 7.03. The molecule has 1 fully saturated rings. The average Bonchev–Trinajstić information content (AvgIpc) is 2.73. The molecule has 0 aliphatic carbocycles. The molecule has 90 valence electrons. The molecule has 16 heavy (non-hydrogen) atoms. The van der Waals surface area contributed by atoms with Crippen LogP contribution in [0.25, 0.3) is 0 Å². The van der Waals surface area contributed by atoms with Gasteiger partial charge < -0.3 is 10.2 Å². The number of hydrogen-bond donors (Lipinski definition) is 1. The van der Waals surface area contributed by atoms with Crippen LogP contribution in [0.15, 0.2) is 6.07 Å². The summed E-state index contributed by atoms with van der Waals surface area (Å²) in [6.45, 7) is 4.42. The first-order valence-electron chi connectivity index (χ1n) is 5.45. The van der Waals surface area contributed by atoms with E-state index in [0.29, 0.717) is 6.04 Å². The van der Waals surface area contributed by atoms with Crippen molar-refractivity contribution >= 4 is 34.5 Å². The highest BCUT2D eigenvalue weighted by Gasteiger charge is 2.22. The number of hydrogen-bond acceptors (Lipinski definition) is 3. The van der Waals surface area contributed by atoms with Crippen molar-refractivity contribution in [2.45, 2.75) is 25.4 Å². The van der Waals surface area contributed by atoms with Crippen LogP contribution >= 0.6 is 34.5 Å². The smallest absolute Gasteiger partial charge is 0.0991 e. The lowest BCUT2D eigenvalue weighted by Crippen LogP contribution is -2.33. The lowest BCUT2D eigenvalue weighted by molar-refractivity contribution is 0.387. The maximum atomic E-state index is 6.14.